The summed E-state index contributed by atoms with van der Waals surface area (Å²) in [7, 11) is 0. The molecule has 1 amide bonds. The molecule has 1 aromatic rings. The molecule has 112 valence electrons. The number of thioether (sulfide) groups is 1. The van der Waals surface area contributed by atoms with Crippen molar-refractivity contribution < 1.29 is 9.18 Å². The summed E-state index contributed by atoms with van der Waals surface area (Å²) in [4.78, 5) is 16.0. The maximum Gasteiger partial charge on any atom is 0.254 e. The molecule has 1 rings (SSSR count). The fourth-order valence-corrected chi connectivity index (χ4v) is 1.66. The van der Waals surface area contributed by atoms with Crippen LogP contribution in [0.2, 0.25) is 0 Å². The van der Waals surface area contributed by atoms with Gasteiger partial charge in [0, 0.05) is 24.0 Å². The largest absolute Gasteiger partial charge is 0.368 e. The van der Waals surface area contributed by atoms with Crippen molar-refractivity contribution >= 4 is 23.5 Å². The van der Waals surface area contributed by atoms with Crippen LogP contribution in [0.25, 0.3) is 0 Å². The van der Waals surface area contributed by atoms with Crippen LogP contribution in [0.1, 0.15) is 37.6 Å². The Hall–Kier alpha value is -1.30. The first-order valence-corrected chi connectivity index (χ1v) is 7.85. The molecule has 0 saturated heterocycles. The standard InChI is InChI=1S/C14H22FN3OS/c1-5-7-16-12-11(15)10(6-8-17-12)13(19)18-9-14(2,3)20-4/h6,8H,5,7,9H2,1-4H3,(H,16,17)(H,18,19). The molecule has 2 N–H and O–H groups in total. The lowest BCUT2D eigenvalue weighted by atomic mass is 10.2. The molecule has 0 bridgehead atoms. The predicted octanol–water partition coefficient (Wildman–Crippen LogP) is 2.91. The molecule has 0 aliphatic heterocycles. The van der Waals surface area contributed by atoms with Crippen molar-refractivity contribution in [2.45, 2.75) is 31.9 Å². The molecule has 4 nitrogen and oxygen atoms in total. The second-order valence-corrected chi connectivity index (χ2v) is 6.61. The third-order valence-corrected chi connectivity index (χ3v) is 4.15. The average Bonchev–Trinajstić information content (AvgIpc) is 2.44. The quantitative estimate of drug-likeness (QED) is 0.813. The molecule has 1 heterocycles. The van der Waals surface area contributed by atoms with Crippen molar-refractivity contribution in [1.82, 2.24) is 10.3 Å². The van der Waals surface area contributed by atoms with Gasteiger partial charge in [-0.25, -0.2) is 9.37 Å². The summed E-state index contributed by atoms with van der Waals surface area (Å²) in [6, 6.07) is 1.40. The van der Waals surface area contributed by atoms with Gasteiger partial charge in [0.1, 0.15) is 0 Å². The molecular formula is C14H22FN3OS. The number of carbonyl (C=O) groups excluding carboxylic acids is 1. The number of halogens is 1. The Kier molecular flexibility index (Phi) is 6.26. The normalized spacial score (nSPS) is 11.2. The number of carbonyl (C=O) groups is 1. The van der Waals surface area contributed by atoms with E-state index in [1.165, 1.54) is 12.3 Å². The van der Waals surface area contributed by atoms with Crippen LogP contribution < -0.4 is 10.6 Å². The Bertz CT molecular complexity index is 466. The monoisotopic (exact) mass is 299 g/mol. The lowest BCUT2D eigenvalue weighted by molar-refractivity contribution is 0.0946. The number of nitrogens with one attached hydrogen (secondary N) is 2. The highest BCUT2D eigenvalue weighted by Gasteiger charge is 2.20. The van der Waals surface area contributed by atoms with E-state index in [0.717, 1.165) is 6.42 Å². The molecule has 0 unspecified atom stereocenters. The van der Waals surface area contributed by atoms with Gasteiger partial charge in [0.2, 0.25) is 0 Å². The first kappa shape index (κ1) is 16.8. The van der Waals surface area contributed by atoms with Crippen LogP contribution in [0.4, 0.5) is 10.2 Å². The molecule has 0 aromatic carbocycles. The molecule has 1 aromatic heterocycles. The second kappa shape index (κ2) is 7.47. The lowest BCUT2D eigenvalue weighted by Gasteiger charge is -2.22. The van der Waals surface area contributed by atoms with E-state index in [9.17, 15) is 9.18 Å². The molecule has 6 heteroatoms. The van der Waals surface area contributed by atoms with E-state index in [2.05, 4.69) is 15.6 Å². The minimum absolute atomic E-state index is 0.0236. The zero-order valence-corrected chi connectivity index (χ0v) is 13.2. The first-order chi connectivity index (χ1) is 9.41. The summed E-state index contributed by atoms with van der Waals surface area (Å²) in [6.07, 6.45) is 4.28. The van der Waals surface area contributed by atoms with Crippen LogP contribution in [0.5, 0.6) is 0 Å². The third kappa shape index (κ3) is 4.67. The molecule has 0 fully saturated rings. The highest BCUT2D eigenvalue weighted by Crippen LogP contribution is 2.20. The summed E-state index contributed by atoms with van der Waals surface area (Å²) >= 11 is 1.65. The van der Waals surface area contributed by atoms with Gasteiger partial charge in [0.15, 0.2) is 11.6 Å². The molecule has 0 aliphatic carbocycles. The molecular weight excluding hydrogens is 277 g/mol. The van der Waals surface area contributed by atoms with Crippen molar-refractivity contribution in [2.75, 3.05) is 24.7 Å². The zero-order valence-electron chi connectivity index (χ0n) is 12.4. The van der Waals surface area contributed by atoms with Crippen LogP contribution in [0, 0.1) is 5.82 Å². The molecule has 0 atom stereocenters. The number of hydrogen-bond acceptors (Lipinski definition) is 4. The van der Waals surface area contributed by atoms with E-state index in [1.54, 1.807) is 11.8 Å². The van der Waals surface area contributed by atoms with Crippen molar-refractivity contribution in [3.63, 3.8) is 0 Å². The SMILES string of the molecule is CCCNc1nccc(C(=O)NCC(C)(C)SC)c1F. The highest BCUT2D eigenvalue weighted by molar-refractivity contribution is 7.99. The summed E-state index contributed by atoms with van der Waals surface area (Å²) in [5.74, 6) is -0.879. The molecule has 0 radical (unpaired) electrons. The summed E-state index contributed by atoms with van der Waals surface area (Å²) < 4.78 is 14.1. The minimum Gasteiger partial charge on any atom is -0.368 e. The number of hydrogen-bond donors (Lipinski definition) is 2. The maximum absolute atomic E-state index is 14.2. The Morgan fingerprint density at radius 2 is 2.20 bits per heavy atom. The third-order valence-electron chi connectivity index (χ3n) is 2.90. The highest BCUT2D eigenvalue weighted by atomic mass is 32.2. The number of pyridine rings is 1. The van der Waals surface area contributed by atoms with Crippen molar-refractivity contribution in [3.05, 3.63) is 23.6 Å². The molecule has 0 saturated carbocycles. The predicted molar refractivity (Wildman–Crippen MR) is 82.9 cm³/mol. The van der Waals surface area contributed by atoms with Crippen LogP contribution in [0.3, 0.4) is 0 Å². The molecule has 0 aliphatic rings. The van der Waals surface area contributed by atoms with E-state index in [0.29, 0.717) is 13.1 Å². The fraction of sp³-hybridized carbons (Fsp3) is 0.571. The van der Waals surface area contributed by atoms with Crippen molar-refractivity contribution in [3.8, 4) is 0 Å². The number of amides is 1. The minimum atomic E-state index is -0.597. The molecule has 0 spiro atoms. The van der Waals surface area contributed by atoms with E-state index < -0.39 is 11.7 Å². The number of aromatic nitrogens is 1. The van der Waals surface area contributed by atoms with Gasteiger partial charge in [0.05, 0.1) is 5.56 Å². The Morgan fingerprint density at radius 1 is 1.50 bits per heavy atom. The van der Waals surface area contributed by atoms with Crippen LogP contribution in [-0.2, 0) is 0 Å². The summed E-state index contributed by atoms with van der Waals surface area (Å²) in [6.45, 7) is 7.12. The Labute approximate surface area is 123 Å². The fourth-order valence-electron chi connectivity index (χ4n) is 1.45. The zero-order chi connectivity index (χ0) is 15.2. The average molecular weight is 299 g/mol. The van der Waals surface area contributed by atoms with Gasteiger partial charge < -0.3 is 10.6 Å². The van der Waals surface area contributed by atoms with Gasteiger partial charge in [-0.05, 0) is 32.6 Å². The summed E-state index contributed by atoms with van der Waals surface area (Å²) in [5, 5.41) is 5.63. The van der Waals surface area contributed by atoms with Gasteiger partial charge >= 0.3 is 0 Å². The van der Waals surface area contributed by atoms with Gasteiger partial charge in [-0.3, -0.25) is 4.79 Å². The van der Waals surface area contributed by atoms with E-state index in [-0.39, 0.29) is 16.1 Å². The summed E-state index contributed by atoms with van der Waals surface area (Å²) in [5.41, 5.74) is 0.0236. The molecule has 20 heavy (non-hydrogen) atoms. The van der Waals surface area contributed by atoms with Gasteiger partial charge in [-0.1, -0.05) is 6.92 Å². The van der Waals surface area contributed by atoms with E-state index >= 15 is 0 Å². The second-order valence-electron chi connectivity index (χ2n) is 5.09. The topological polar surface area (TPSA) is 54.0 Å². The smallest absolute Gasteiger partial charge is 0.254 e. The van der Waals surface area contributed by atoms with Gasteiger partial charge in [-0.15, -0.1) is 0 Å². The van der Waals surface area contributed by atoms with Crippen molar-refractivity contribution in [1.29, 1.82) is 0 Å². The lowest BCUT2D eigenvalue weighted by Crippen LogP contribution is -2.36. The number of rotatable bonds is 7. The van der Waals surface area contributed by atoms with Crippen LogP contribution in [-0.4, -0.2) is 35.0 Å². The van der Waals surface area contributed by atoms with Crippen LogP contribution >= 0.6 is 11.8 Å². The van der Waals surface area contributed by atoms with E-state index in [1.807, 2.05) is 27.0 Å². The van der Waals surface area contributed by atoms with Gasteiger partial charge in [-0.2, -0.15) is 11.8 Å². The first-order valence-electron chi connectivity index (χ1n) is 6.63. The Morgan fingerprint density at radius 3 is 2.80 bits per heavy atom. The Balaban J connectivity index is 2.78. The maximum atomic E-state index is 14.2. The number of nitrogens with zero attached hydrogens (tertiary/aromatic N) is 1. The van der Waals surface area contributed by atoms with E-state index in [4.69, 9.17) is 0 Å². The van der Waals surface area contributed by atoms with Crippen LogP contribution in [0.15, 0.2) is 12.3 Å². The van der Waals surface area contributed by atoms with Gasteiger partial charge in [0.25, 0.3) is 5.91 Å². The van der Waals surface area contributed by atoms with Crippen molar-refractivity contribution in [2.24, 2.45) is 0 Å². The number of anilines is 1.